The maximum Gasteiger partial charge on any atom is 0.232 e. The van der Waals surface area contributed by atoms with Crippen molar-refractivity contribution in [2.75, 3.05) is 10.6 Å². The average molecular weight is 320 g/mol. The third-order valence-corrected chi connectivity index (χ3v) is 4.56. The molecule has 0 saturated heterocycles. The lowest BCUT2D eigenvalue weighted by molar-refractivity contribution is 0.0664. The molecule has 0 amide bonds. The fourth-order valence-corrected chi connectivity index (χ4v) is 3.03. The van der Waals surface area contributed by atoms with Crippen LogP contribution in [0.3, 0.4) is 0 Å². The summed E-state index contributed by atoms with van der Waals surface area (Å²) in [5.41, 5.74) is 2.43. The molecule has 2 aromatic rings. The van der Waals surface area contributed by atoms with Crippen LogP contribution in [0.1, 0.15) is 24.2 Å². The second kappa shape index (κ2) is 6.91. The van der Waals surface area contributed by atoms with Gasteiger partial charge in [0.05, 0.1) is 18.5 Å². The second-order valence-electron chi connectivity index (χ2n) is 5.13. The molecule has 6 heteroatoms. The van der Waals surface area contributed by atoms with Crippen LogP contribution in [0, 0.1) is 0 Å². The maximum absolute atomic E-state index is 12.1. The van der Waals surface area contributed by atoms with Crippen molar-refractivity contribution in [2.45, 2.75) is 19.6 Å². The van der Waals surface area contributed by atoms with Gasteiger partial charge in [0.2, 0.25) is 10.0 Å². The first-order valence-electron chi connectivity index (χ1n) is 6.89. The van der Waals surface area contributed by atoms with Gasteiger partial charge >= 0.3 is 0 Å². The van der Waals surface area contributed by atoms with Gasteiger partial charge in [0.15, 0.2) is 0 Å². The molecule has 0 aliphatic rings. The zero-order valence-corrected chi connectivity index (χ0v) is 13.5. The minimum Gasteiger partial charge on any atom is -0.297 e. The first-order valence-corrected chi connectivity index (χ1v) is 8.74. The highest BCUT2D eigenvalue weighted by Gasteiger charge is 2.18. The molecule has 1 atom stereocenters. The largest absolute Gasteiger partial charge is 0.297 e. The normalized spacial score (nSPS) is 12.9. The topological polar surface area (TPSA) is 72.6 Å². The molecule has 0 spiro atoms. The van der Waals surface area contributed by atoms with Crippen LogP contribution in [0.25, 0.3) is 0 Å². The fourth-order valence-electron chi connectivity index (χ4n) is 2.14. The first kappa shape index (κ1) is 16.5. The van der Waals surface area contributed by atoms with Gasteiger partial charge in [-0.25, -0.2) is 14.3 Å². The summed E-state index contributed by atoms with van der Waals surface area (Å²) in [7, 11) is -3.38. The van der Waals surface area contributed by atoms with E-state index in [0.717, 1.165) is 11.1 Å². The molecule has 0 fully saturated rings. The quantitative estimate of drug-likeness (QED) is 0.830. The summed E-state index contributed by atoms with van der Waals surface area (Å²) in [4.78, 5) is 4.77. The van der Waals surface area contributed by atoms with Crippen molar-refractivity contribution in [3.05, 3.63) is 65.7 Å². The van der Waals surface area contributed by atoms with Gasteiger partial charge in [0.25, 0.3) is 0 Å². The number of benzene rings is 2. The molecule has 5 nitrogen and oxygen atoms in total. The second-order valence-corrected chi connectivity index (χ2v) is 7.03. The number of anilines is 1. The Morgan fingerprint density at radius 3 is 2.18 bits per heavy atom. The third kappa shape index (κ3) is 4.07. The lowest BCUT2D eigenvalue weighted by Gasteiger charge is -2.23. The number of hydrogen-bond acceptors (Lipinski definition) is 4. The van der Waals surface area contributed by atoms with Gasteiger partial charge in [-0.05, 0) is 30.2 Å². The van der Waals surface area contributed by atoms with Crippen molar-refractivity contribution in [1.29, 1.82) is 0 Å². The molecule has 0 aliphatic carbocycles. The summed E-state index contributed by atoms with van der Waals surface area (Å²) in [6.07, 6.45) is 0.963. The van der Waals surface area contributed by atoms with Crippen molar-refractivity contribution >= 4 is 15.7 Å². The molecule has 0 heterocycles. The van der Waals surface area contributed by atoms with E-state index in [1.54, 1.807) is 12.1 Å². The molecule has 2 N–H and O–H groups in total. The van der Waals surface area contributed by atoms with Crippen LogP contribution in [0.2, 0.25) is 0 Å². The van der Waals surface area contributed by atoms with Crippen molar-refractivity contribution in [3.8, 4) is 0 Å². The van der Waals surface area contributed by atoms with Crippen LogP contribution in [0.4, 0.5) is 5.69 Å². The van der Waals surface area contributed by atoms with Gasteiger partial charge in [0.1, 0.15) is 6.10 Å². The number of rotatable bonds is 6. The Balaban J connectivity index is 2.30. The molecule has 118 valence electrons. The number of nitrogens with zero attached hydrogens (tertiary/aromatic N) is 1. The van der Waals surface area contributed by atoms with E-state index in [4.69, 9.17) is 10.7 Å². The predicted octanol–water partition coefficient (Wildman–Crippen LogP) is 2.60. The Morgan fingerprint density at radius 1 is 1.09 bits per heavy atom. The van der Waals surface area contributed by atoms with E-state index in [9.17, 15) is 8.42 Å². The Morgan fingerprint density at radius 2 is 1.68 bits per heavy atom. The number of sulfonamides is 1. The minimum absolute atomic E-state index is 0.241. The standard InChI is InChI=1S/C16H20N2O3S/c1-13(21-17)15-8-10-16(11-9-15)18(22(2,19)20)12-14-6-4-3-5-7-14/h3-11,13H,12,17H2,1-2H3. The predicted molar refractivity (Wildman–Crippen MR) is 87.6 cm³/mol. The highest BCUT2D eigenvalue weighted by atomic mass is 32.2. The Kier molecular flexibility index (Phi) is 5.18. The molecule has 2 aromatic carbocycles. The summed E-state index contributed by atoms with van der Waals surface area (Å²) in [5.74, 6) is 5.17. The molecular weight excluding hydrogens is 300 g/mol. The van der Waals surface area contributed by atoms with E-state index in [1.807, 2.05) is 49.4 Å². The average Bonchev–Trinajstić information content (AvgIpc) is 2.52. The Bertz CT molecular complexity index is 700. The van der Waals surface area contributed by atoms with Gasteiger partial charge in [-0.1, -0.05) is 42.5 Å². The molecule has 0 saturated carbocycles. The van der Waals surface area contributed by atoms with E-state index < -0.39 is 10.0 Å². The maximum atomic E-state index is 12.1. The smallest absolute Gasteiger partial charge is 0.232 e. The van der Waals surface area contributed by atoms with Gasteiger partial charge in [-0.2, -0.15) is 0 Å². The van der Waals surface area contributed by atoms with Gasteiger partial charge < -0.3 is 0 Å². The molecule has 0 aromatic heterocycles. The zero-order chi connectivity index (χ0) is 16.2. The summed E-state index contributed by atoms with van der Waals surface area (Å²) < 4.78 is 25.6. The number of nitrogens with two attached hydrogens (primary N) is 1. The first-order chi connectivity index (χ1) is 10.4. The van der Waals surface area contributed by atoms with Gasteiger partial charge in [-0.3, -0.25) is 9.14 Å². The van der Waals surface area contributed by atoms with Gasteiger partial charge in [-0.15, -0.1) is 0 Å². The van der Waals surface area contributed by atoms with Crippen molar-refractivity contribution in [1.82, 2.24) is 0 Å². The minimum atomic E-state index is -3.38. The fraction of sp³-hybridized carbons (Fsp3) is 0.250. The summed E-state index contributed by atoms with van der Waals surface area (Å²) in [6.45, 7) is 2.12. The van der Waals surface area contributed by atoms with Gasteiger partial charge in [0, 0.05) is 0 Å². The van der Waals surface area contributed by atoms with E-state index in [-0.39, 0.29) is 6.10 Å². The van der Waals surface area contributed by atoms with Crippen LogP contribution in [0.15, 0.2) is 54.6 Å². The SMILES string of the molecule is CC(ON)c1ccc(N(Cc2ccccc2)S(C)(=O)=O)cc1. The summed E-state index contributed by atoms with van der Waals surface area (Å²) in [5, 5.41) is 0. The molecular formula is C16H20N2O3S. The molecule has 0 aliphatic heterocycles. The highest BCUT2D eigenvalue weighted by Crippen LogP contribution is 2.23. The van der Waals surface area contributed by atoms with Crippen molar-refractivity contribution in [3.63, 3.8) is 0 Å². The molecule has 22 heavy (non-hydrogen) atoms. The van der Waals surface area contributed by atoms with Crippen LogP contribution in [-0.2, 0) is 21.4 Å². The zero-order valence-electron chi connectivity index (χ0n) is 12.6. The molecule has 1 unspecified atom stereocenters. The lowest BCUT2D eigenvalue weighted by atomic mass is 10.1. The monoisotopic (exact) mass is 320 g/mol. The Hall–Kier alpha value is -1.89. The highest BCUT2D eigenvalue weighted by molar-refractivity contribution is 7.92. The van der Waals surface area contributed by atoms with Crippen LogP contribution in [-0.4, -0.2) is 14.7 Å². The van der Waals surface area contributed by atoms with Crippen LogP contribution in [0.5, 0.6) is 0 Å². The molecule has 0 radical (unpaired) electrons. The third-order valence-electron chi connectivity index (χ3n) is 3.42. The van der Waals surface area contributed by atoms with Crippen LogP contribution >= 0.6 is 0 Å². The van der Waals surface area contributed by atoms with E-state index in [1.165, 1.54) is 10.6 Å². The van der Waals surface area contributed by atoms with Crippen molar-refractivity contribution < 1.29 is 13.3 Å². The lowest BCUT2D eigenvalue weighted by Crippen LogP contribution is -2.29. The summed E-state index contributed by atoms with van der Waals surface area (Å²) >= 11 is 0. The molecule has 2 rings (SSSR count). The summed E-state index contributed by atoms with van der Waals surface area (Å²) in [6, 6.07) is 16.6. The van der Waals surface area contributed by atoms with E-state index in [0.29, 0.717) is 12.2 Å². The van der Waals surface area contributed by atoms with E-state index >= 15 is 0 Å². The number of hydrogen-bond donors (Lipinski definition) is 1. The molecule has 0 bridgehead atoms. The van der Waals surface area contributed by atoms with Crippen LogP contribution < -0.4 is 10.2 Å². The Labute approximate surface area is 131 Å². The van der Waals surface area contributed by atoms with E-state index in [2.05, 4.69) is 0 Å². The van der Waals surface area contributed by atoms with Crippen molar-refractivity contribution in [2.24, 2.45) is 5.90 Å².